The second-order valence-electron chi connectivity index (χ2n) is 3.80. The summed E-state index contributed by atoms with van der Waals surface area (Å²) in [5.41, 5.74) is 0.466. The van der Waals surface area contributed by atoms with Gasteiger partial charge in [0.25, 0.3) is 0 Å². The monoisotopic (exact) mass is 280 g/mol. The summed E-state index contributed by atoms with van der Waals surface area (Å²) >= 11 is 5.53. The Labute approximate surface area is 105 Å². The van der Waals surface area contributed by atoms with Gasteiger partial charge in [-0.05, 0) is 12.1 Å². The summed E-state index contributed by atoms with van der Waals surface area (Å²) in [5, 5.41) is 0. The van der Waals surface area contributed by atoms with E-state index in [1.807, 2.05) is 0 Å². The minimum Gasteiger partial charge on any atom is -0.319 e. The first kappa shape index (κ1) is 13.1. The van der Waals surface area contributed by atoms with Gasteiger partial charge in [-0.25, -0.2) is 9.37 Å². The van der Waals surface area contributed by atoms with Crippen LogP contribution in [-0.2, 0) is 13.0 Å². The third-order valence-corrected chi connectivity index (χ3v) is 2.63. The van der Waals surface area contributed by atoms with Crippen molar-refractivity contribution in [3.63, 3.8) is 0 Å². The summed E-state index contributed by atoms with van der Waals surface area (Å²) in [5.74, 6) is -0.163. The molecule has 0 saturated heterocycles. The average molecular weight is 281 g/mol. The first-order chi connectivity index (χ1) is 8.40. The van der Waals surface area contributed by atoms with Crippen molar-refractivity contribution in [1.82, 2.24) is 9.55 Å². The second kappa shape index (κ2) is 4.76. The molecule has 2 rings (SSSR count). The predicted octanol–water partition coefficient (Wildman–Crippen LogP) is 3.52. The molecule has 0 bridgehead atoms. The van der Waals surface area contributed by atoms with Gasteiger partial charge in [0.15, 0.2) is 0 Å². The van der Waals surface area contributed by atoms with E-state index in [9.17, 15) is 17.6 Å². The van der Waals surface area contributed by atoms with Crippen molar-refractivity contribution < 1.29 is 17.6 Å². The molecular formula is C11H9ClF4N2. The molecule has 0 fully saturated rings. The van der Waals surface area contributed by atoms with Crippen LogP contribution in [0.15, 0.2) is 18.2 Å². The molecule has 1 heterocycles. The highest BCUT2D eigenvalue weighted by Crippen LogP contribution is 2.24. The third kappa shape index (κ3) is 2.75. The topological polar surface area (TPSA) is 17.8 Å². The Balaban J connectivity index is 2.55. The van der Waals surface area contributed by atoms with Crippen LogP contribution in [0.5, 0.6) is 0 Å². The van der Waals surface area contributed by atoms with E-state index in [1.165, 1.54) is 6.07 Å². The average Bonchev–Trinajstić information content (AvgIpc) is 2.54. The number of imidazole rings is 1. The van der Waals surface area contributed by atoms with Crippen LogP contribution in [0.4, 0.5) is 17.6 Å². The fourth-order valence-corrected chi connectivity index (χ4v) is 1.95. The van der Waals surface area contributed by atoms with Gasteiger partial charge < -0.3 is 4.57 Å². The van der Waals surface area contributed by atoms with Crippen LogP contribution in [0.1, 0.15) is 5.82 Å². The number of fused-ring (bicyclic) bond motifs is 1. The van der Waals surface area contributed by atoms with Crippen LogP contribution >= 0.6 is 11.6 Å². The number of aryl methyl sites for hydroxylation is 1. The van der Waals surface area contributed by atoms with E-state index in [2.05, 4.69) is 4.98 Å². The minimum absolute atomic E-state index is 0.156. The highest BCUT2D eigenvalue weighted by Gasteiger charge is 2.30. The Morgan fingerprint density at radius 2 is 2.00 bits per heavy atom. The maximum atomic E-state index is 13.0. The van der Waals surface area contributed by atoms with Gasteiger partial charge in [0, 0.05) is 18.4 Å². The van der Waals surface area contributed by atoms with Crippen LogP contribution in [-0.4, -0.2) is 21.6 Å². The van der Waals surface area contributed by atoms with Gasteiger partial charge in [0.2, 0.25) is 0 Å². The summed E-state index contributed by atoms with van der Waals surface area (Å²) in [6.45, 7) is -1.15. The molecule has 0 spiro atoms. The maximum Gasteiger partial charge on any atom is 0.406 e. The number of halogens is 5. The molecule has 18 heavy (non-hydrogen) atoms. The van der Waals surface area contributed by atoms with Gasteiger partial charge in [-0.1, -0.05) is 0 Å². The maximum absolute atomic E-state index is 13.0. The highest BCUT2D eigenvalue weighted by molar-refractivity contribution is 6.17. The molecule has 0 aliphatic rings. The van der Waals surface area contributed by atoms with E-state index in [-0.39, 0.29) is 29.2 Å². The highest BCUT2D eigenvalue weighted by atomic mass is 35.5. The van der Waals surface area contributed by atoms with Crippen molar-refractivity contribution in [2.24, 2.45) is 0 Å². The van der Waals surface area contributed by atoms with E-state index in [4.69, 9.17) is 11.6 Å². The summed E-state index contributed by atoms with van der Waals surface area (Å²) in [7, 11) is 0. The molecule has 98 valence electrons. The number of nitrogens with zero attached hydrogens (tertiary/aromatic N) is 2. The molecule has 0 amide bonds. The Morgan fingerprint density at radius 1 is 1.28 bits per heavy atom. The standard InChI is InChI=1S/C11H9ClF4N2/c12-4-3-10-17-8-5-7(13)1-2-9(8)18(10)6-11(14,15)16/h1-2,5H,3-4,6H2. The number of alkyl halides is 4. The zero-order chi connectivity index (χ0) is 13.3. The summed E-state index contributed by atoms with van der Waals surface area (Å²) in [6, 6.07) is 3.52. The van der Waals surface area contributed by atoms with E-state index >= 15 is 0 Å². The normalized spacial score (nSPS) is 12.3. The molecule has 1 aromatic carbocycles. The van der Waals surface area contributed by atoms with Crippen LogP contribution in [0.25, 0.3) is 11.0 Å². The summed E-state index contributed by atoms with van der Waals surface area (Å²) in [6.07, 6.45) is -4.16. The SMILES string of the molecule is Fc1ccc2c(c1)nc(CCCl)n2CC(F)(F)F. The molecule has 0 atom stereocenters. The lowest BCUT2D eigenvalue weighted by Gasteiger charge is -2.11. The lowest BCUT2D eigenvalue weighted by atomic mass is 10.3. The van der Waals surface area contributed by atoms with Crippen LogP contribution in [0, 0.1) is 5.82 Å². The summed E-state index contributed by atoms with van der Waals surface area (Å²) < 4.78 is 51.5. The van der Waals surface area contributed by atoms with E-state index < -0.39 is 18.5 Å². The van der Waals surface area contributed by atoms with Crippen LogP contribution in [0.2, 0.25) is 0 Å². The zero-order valence-corrected chi connectivity index (χ0v) is 9.89. The molecular weight excluding hydrogens is 272 g/mol. The third-order valence-electron chi connectivity index (χ3n) is 2.44. The number of hydrogen-bond acceptors (Lipinski definition) is 1. The number of rotatable bonds is 3. The molecule has 7 heteroatoms. The van der Waals surface area contributed by atoms with Crippen LogP contribution in [0.3, 0.4) is 0 Å². The lowest BCUT2D eigenvalue weighted by molar-refractivity contribution is -0.140. The van der Waals surface area contributed by atoms with Crippen molar-refractivity contribution in [2.75, 3.05) is 5.88 Å². The molecule has 1 aromatic heterocycles. The van der Waals surface area contributed by atoms with Gasteiger partial charge >= 0.3 is 6.18 Å². The first-order valence-electron chi connectivity index (χ1n) is 5.18. The van der Waals surface area contributed by atoms with E-state index in [1.54, 1.807) is 0 Å². The van der Waals surface area contributed by atoms with Gasteiger partial charge in [0.05, 0.1) is 11.0 Å². The number of aromatic nitrogens is 2. The molecule has 0 saturated carbocycles. The van der Waals surface area contributed by atoms with Gasteiger partial charge in [0.1, 0.15) is 18.2 Å². The Morgan fingerprint density at radius 3 is 2.61 bits per heavy atom. The molecule has 2 aromatic rings. The minimum atomic E-state index is -4.36. The van der Waals surface area contributed by atoms with E-state index in [0.29, 0.717) is 0 Å². The van der Waals surface area contributed by atoms with Crippen LogP contribution < -0.4 is 0 Å². The van der Waals surface area contributed by atoms with Crippen molar-refractivity contribution in [2.45, 2.75) is 19.1 Å². The smallest absolute Gasteiger partial charge is 0.319 e. The van der Waals surface area contributed by atoms with Gasteiger partial charge in [-0.15, -0.1) is 11.6 Å². The number of hydrogen-bond donors (Lipinski definition) is 0. The zero-order valence-electron chi connectivity index (χ0n) is 9.14. The second-order valence-corrected chi connectivity index (χ2v) is 4.18. The summed E-state index contributed by atoms with van der Waals surface area (Å²) in [4.78, 5) is 3.99. The largest absolute Gasteiger partial charge is 0.406 e. The fraction of sp³-hybridized carbons (Fsp3) is 0.364. The van der Waals surface area contributed by atoms with Crippen molar-refractivity contribution in [1.29, 1.82) is 0 Å². The fourth-order valence-electron chi connectivity index (χ4n) is 1.78. The quantitative estimate of drug-likeness (QED) is 0.621. The molecule has 0 radical (unpaired) electrons. The number of benzene rings is 1. The van der Waals surface area contributed by atoms with Gasteiger partial charge in [-0.2, -0.15) is 13.2 Å². The molecule has 0 aliphatic heterocycles. The van der Waals surface area contributed by atoms with Gasteiger partial charge in [-0.3, -0.25) is 0 Å². The molecule has 0 aliphatic carbocycles. The Kier molecular flexibility index (Phi) is 3.47. The first-order valence-corrected chi connectivity index (χ1v) is 5.71. The molecule has 0 unspecified atom stereocenters. The van der Waals surface area contributed by atoms with Crippen molar-refractivity contribution in [3.05, 3.63) is 29.8 Å². The Hall–Kier alpha value is -1.30. The van der Waals surface area contributed by atoms with Crippen molar-refractivity contribution in [3.8, 4) is 0 Å². The molecule has 0 N–H and O–H groups in total. The predicted molar refractivity (Wildman–Crippen MR) is 60.2 cm³/mol. The van der Waals surface area contributed by atoms with Crippen molar-refractivity contribution >= 4 is 22.6 Å². The molecule has 2 nitrogen and oxygen atoms in total. The Bertz CT molecular complexity index is 562. The van der Waals surface area contributed by atoms with E-state index in [0.717, 1.165) is 16.7 Å². The lowest BCUT2D eigenvalue weighted by Crippen LogP contribution is -2.19.